The van der Waals surface area contributed by atoms with Crippen LogP contribution in [0.2, 0.25) is 0 Å². The largest absolute Gasteiger partial charge is 0.373 e. The predicted molar refractivity (Wildman–Crippen MR) is 77.7 cm³/mol. The maximum atomic E-state index is 9.38. The Bertz CT molecular complexity index is 557. The van der Waals surface area contributed by atoms with Crippen molar-refractivity contribution in [1.82, 2.24) is 0 Å². The van der Waals surface area contributed by atoms with Crippen molar-refractivity contribution in [2.24, 2.45) is 0 Å². The molecule has 1 atom stereocenters. The monoisotopic (exact) mass is 267 g/mol. The Kier molecular flexibility index (Phi) is 4.76. The van der Waals surface area contributed by atoms with Gasteiger partial charge in [-0.25, -0.2) is 0 Å². The van der Waals surface area contributed by atoms with Crippen LogP contribution in [0, 0.1) is 22.7 Å². The Labute approximate surface area is 119 Å². The summed E-state index contributed by atoms with van der Waals surface area (Å²) in [4.78, 5) is 2.35. The molecule has 4 nitrogen and oxygen atoms in total. The van der Waals surface area contributed by atoms with Gasteiger partial charge in [-0.15, -0.1) is 0 Å². The number of aliphatic hydroxyl groups is 1. The van der Waals surface area contributed by atoms with E-state index < -0.39 is 6.10 Å². The lowest BCUT2D eigenvalue weighted by Crippen LogP contribution is -2.29. The maximum absolute atomic E-state index is 9.38. The molecule has 1 N–H and O–H groups in total. The third-order valence-electron chi connectivity index (χ3n) is 3.48. The van der Waals surface area contributed by atoms with E-state index in [4.69, 9.17) is 10.5 Å². The second-order valence-corrected chi connectivity index (χ2v) is 4.88. The molecule has 0 saturated carbocycles. The molecule has 1 heterocycles. The molecule has 1 aliphatic rings. The Balaban J connectivity index is 2.14. The Morgan fingerprint density at radius 3 is 2.35 bits per heavy atom. The molecule has 102 valence electrons. The third-order valence-corrected chi connectivity index (χ3v) is 3.48. The number of nitriles is 2. The van der Waals surface area contributed by atoms with Crippen LogP contribution in [-0.2, 0) is 0 Å². The van der Waals surface area contributed by atoms with Crippen LogP contribution in [0.1, 0.15) is 24.8 Å². The number of hydrogen-bond donors (Lipinski definition) is 1. The summed E-state index contributed by atoms with van der Waals surface area (Å²) >= 11 is 0. The fourth-order valence-electron chi connectivity index (χ4n) is 2.35. The molecule has 0 spiro atoms. The number of anilines is 1. The number of piperidine rings is 1. The Hall–Kier alpha value is -2.30. The molecule has 1 saturated heterocycles. The average molecular weight is 267 g/mol. The van der Waals surface area contributed by atoms with Crippen molar-refractivity contribution in [2.75, 3.05) is 18.0 Å². The smallest absolute Gasteiger partial charge is 0.175 e. The molecule has 1 aliphatic heterocycles. The quantitative estimate of drug-likeness (QED) is 0.674. The molecule has 0 radical (unpaired) electrons. The molecule has 1 aromatic carbocycles. The van der Waals surface area contributed by atoms with Crippen LogP contribution in [0.5, 0.6) is 0 Å². The SMILES string of the molecule is N#C/C(=C/c1ccc(N2CCCCC2)cc1)C(O)C#N. The van der Waals surface area contributed by atoms with Gasteiger partial charge in [-0.1, -0.05) is 12.1 Å². The first-order chi connectivity index (χ1) is 9.74. The zero-order valence-corrected chi connectivity index (χ0v) is 11.3. The first-order valence-electron chi connectivity index (χ1n) is 6.79. The summed E-state index contributed by atoms with van der Waals surface area (Å²) in [6.45, 7) is 2.18. The fraction of sp³-hybridized carbons (Fsp3) is 0.375. The topological polar surface area (TPSA) is 71.1 Å². The highest BCUT2D eigenvalue weighted by Gasteiger charge is 2.11. The molecule has 1 aromatic rings. The zero-order valence-electron chi connectivity index (χ0n) is 11.3. The summed E-state index contributed by atoms with van der Waals surface area (Å²) in [6, 6.07) is 11.4. The van der Waals surface area contributed by atoms with Crippen molar-refractivity contribution >= 4 is 11.8 Å². The minimum atomic E-state index is -1.36. The molecule has 0 bridgehead atoms. The van der Waals surface area contributed by atoms with E-state index in [0.29, 0.717) is 0 Å². The lowest BCUT2D eigenvalue weighted by atomic mass is 10.1. The van der Waals surface area contributed by atoms with Gasteiger partial charge in [-0.05, 0) is 43.0 Å². The molecule has 0 amide bonds. The van der Waals surface area contributed by atoms with Crippen molar-refractivity contribution in [3.63, 3.8) is 0 Å². The normalized spacial score (nSPS) is 17.1. The van der Waals surface area contributed by atoms with Crippen molar-refractivity contribution in [1.29, 1.82) is 10.5 Å². The Morgan fingerprint density at radius 1 is 1.15 bits per heavy atom. The summed E-state index contributed by atoms with van der Waals surface area (Å²) in [5, 5.41) is 26.9. The van der Waals surface area contributed by atoms with Gasteiger partial charge in [0.2, 0.25) is 0 Å². The lowest BCUT2D eigenvalue weighted by Gasteiger charge is -2.28. The van der Waals surface area contributed by atoms with Gasteiger partial charge in [-0.2, -0.15) is 10.5 Å². The van der Waals surface area contributed by atoms with E-state index in [2.05, 4.69) is 4.90 Å². The van der Waals surface area contributed by atoms with Gasteiger partial charge in [0.05, 0.1) is 17.7 Å². The van der Waals surface area contributed by atoms with Gasteiger partial charge in [-0.3, -0.25) is 0 Å². The van der Waals surface area contributed by atoms with Gasteiger partial charge in [0.25, 0.3) is 0 Å². The first-order valence-corrected chi connectivity index (χ1v) is 6.79. The van der Waals surface area contributed by atoms with Crippen molar-refractivity contribution < 1.29 is 5.11 Å². The van der Waals surface area contributed by atoms with Crippen LogP contribution in [0.3, 0.4) is 0 Å². The second kappa shape index (κ2) is 6.75. The van der Waals surface area contributed by atoms with E-state index >= 15 is 0 Å². The third kappa shape index (κ3) is 3.38. The molecule has 0 aromatic heterocycles. The summed E-state index contributed by atoms with van der Waals surface area (Å²) in [5.74, 6) is 0. The zero-order chi connectivity index (χ0) is 14.4. The Morgan fingerprint density at radius 2 is 1.80 bits per heavy atom. The van der Waals surface area contributed by atoms with Crippen LogP contribution in [0.4, 0.5) is 5.69 Å². The van der Waals surface area contributed by atoms with E-state index in [9.17, 15) is 5.11 Å². The highest BCUT2D eigenvalue weighted by molar-refractivity contribution is 5.62. The van der Waals surface area contributed by atoms with Crippen LogP contribution in [0.25, 0.3) is 6.08 Å². The van der Waals surface area contributed by atoms with Crippen LogP contribution in [-0.4, -0.2) is 24.3 Å². The number of benzene rings is 1. The fourth-order valence-corrected chi connectivity index (χ4v) is 2.35. The summed E-state index contributed by atoms with van der Waals surface area (Å²) in [7, 11) is 0. The van der Waals surface area contributed by atoms with Crippen molar-refractivity contribution in [3.05, 3.63) is 35.4 Å². The van der Waals surface area contributed by atoms with Crippen molar-refractivity contribution in [3.8, 4) is 12.1 Å². The maximum Gasteiger partial charge on any atom is 0.175 e. The van der Waals surface area contributed by atoms with Crippen LogP contribution < -0.4 is 4.90 Å². The van der Waals surface area contributed by atoms with Crippen LogP contribution >= 0.6 is 0 Å². The van der Waals surface area contributed by atoms with E-state index in [-0.39, 0.29) is 5.57 Å². The molecular weight excluding hydrogens is 250 g/mol. The van der Waals surface area contributed by atoms with Gasteiger partial charge in [0, 0.05) is 18.8 Å². The second-order valence-electron chi connectivity index (χ2n) is 4.88. The minimum absolute atomic E-state index is 0.0678. The van der Waals surface area contributed by atoms with E-state index in [1.165, 1.54) is 24.9 Å². The van der Waals surface area contributed by atoms with E-state index in [0.717, 1.165) is 18.7 Å². The van der Waals surface area contributed by atoms with E-state index in [1.807, 2.05) is 30.3 Å². The van der Waals surface area contributed by atoms with E-state index in [1.54, 1.807) is 12.1 Å². The highest BCUT2D eigenvalue weighted by Crippen LogP contribution is 2.21. The van der Waals surface area contributed by atoms with Crippen LogP contribution in [0.15, 0.2) is 29.8 Å². The molecule has 4 heteroatoms. The summed E-state index contributed by atoms with van der Waals surface area (Å²) in [6.07, 6.45) is 3.95. The number of hydrogen-bond acceptors (Lipinski definition) is 4. The molecule has 2 rings (SSSR count). The number of aliphatic hydroxyl groups excluding tert-OH is 1. The average Bonchev–Trinajstić information content (AvgIpc) is 2.53. The highest BCUT2D eigenvalue weighted by atomic mass is 16.3. The van der Waals surface area contributed by atoms with Gasteiger partial charge < -0.3 is 10.0 Å². The molecule has 1 unspecified atom stereocenters. The van der Waals surface area contributed by atoms with Gasteiger partial charge in [0.1, 0.15) is 0 Å². The number of rotatable bonds is 3. The van der Waals surface area contributed by atoms with Crippen molar-refractivity contribution in [2.45, 2.75) is 25.4 Å². The van der Waals surface area contributed by atoms with Gasteiger partial charge >= 0.3 is 0 Å². The predicted octanol–water partition coefficient (Wildman–Crippen LogP) is 2.47. The molecular formula is C16H17N3O. The first kappa shape index (κ1) is 14.1. The lowest BCUT2D eigenvalue weighted by molar-refractivity contribution is 0.271. The molecule has 20 heavy (non-hydrogen) atoms. The summed E-state index contributed by atoms with van der Waals surface area (Å²) in [5.41, 5.74) is 2.07. The van der Waals surface area contributed by atoms with Gasteiger partial charge in [0.15, 0.2) is 6.10 Å². The minimum Gasteiger partial charge on any atom is -0.373 e. The molecule has 1 fully saturated rings. The number of nitrogens with zero attached hydrogens (tertiary/aromatic N) is 3. The summed E-state index contributed by atoms with van der Waals surface area (Å²) < 4.78 is 0. The standard InChI is InChI=1S/C16H17N3O/c17-11-14(16(20)12-18)10-13-4-6-15(7-5-13)19-8-2-1-3-9-19/h4-7,10,16,20H,1-3,8-9H2/b14-10-. The molecule has 0 aliphatic carbocycles.